The largest absolute Gasteiger partial charge is 0.345 e. The summed E-state index contributed by atoms with van der Waals surface area (Å²) in [6.45, 7) is 10.8. The maximum Gasteiger partial charge on any atom is 0.185 e. The van der Waals surface area contributed by atoms with E-state index in [1.54, 1.807) is 11.3 Å². The van der Waals surface area contributed by atoms with Crippen LogP contribution in [0, 0.1) is 0 Å². The Bertz CT molecular complexity index is 388. The van der Waals surface area contributed by atoms with Crippen LogP contribution in [0.1, 0.15) is 59.1 Å². The van der Waals surface area contributed by atoms with E-state index in [-0.39, 0.29) is 5.54 Å². The molecule has 0 aromatic carbocycles. The molecule has 1 aliphatic carbocycles. The molecule has 1 heterocycles. The molecule has 0 radical (unpaired) electrons. The molecule has 0 unspecified atom stereocenters. The van der Waals surface area contributed by atoms with Crippen molar-refractivity contribution in [2.45, 2.75) is 71.5 Å². The minimum Gasteiger partial charge on any atom is -0.345 e. The highest BCUT2D eigenvalue weighted by Crippen LogP contribution is 2.30. The average molecular weight is 281 g/mol. The first-order chi connectivity index (χ1) is 8.99. The highest BCUT2D eigenvalue weighted by atomic mass is 32.1. The summed E-state index contributed by atoms with van der Waals surface area (Å²) in [7, 11) is 0. The maximum absolute atomic E-state index is 4.81. The van der Waals surface area contributed by atoms with E-state index in [4.69, 9.17) is 4.98 Å². The normalized spacial score (nSPS) is 17.1. The summed E-state index contributed by atoms with van der Waals surface area (Å²) in [4.78, 5) is 7.31. The van der Waals surface area contributed by atoms with E-state index in [0.29, 0.717) is 0 Å². The third kappa shape index (κ3) is 4.18. The number of thiazole rings is 1. The molecule has 1 N–H and O–H groups in total. The van der Waals surface area contributed by atoms with Gasteiger partial charge in [0.1, 0.15) is 0 Å². The van der Waals surface area contributed by atoms with Gasteiger partial charge < -0.3 is 10.2 Å². The molecular formula is C15H27N3S. The van der Waals surface area contributed by atoms with Crippen molar-refractivity contribution < 1.29 is 0 Å². The molecule has 108 valence electrons. The van der Waals surface area contributed by atoms with E-state index in [9.17, 15) is 0 Å². The molecule has 2 rings (SSSR count). The van der Waals surface area contributed by atoms with Crippen molar-refractivity contribution in [2.75, 3.05) is 11.4 Å². The van der Waals surface area contributed by atoms with E-state index in [1.165, 1.54) is 36.5 Å². The minimum absolute atomic E-state index is 0.152. The molecule has 0 saturated heterocycles. The van der Waals surface area contributed by atoms with Gasteiger partial charge in [0.05, 0.1) is 5.69 Å². The van der Waals surface area contributed by atoms with Crippen molar-refractivity contribution in [3.8, 4) is 0 Å². The molecule has 1 saturated carbocycles. The molecule has 0 atom stereocenters. The highest BCUT2D eigenvalue weighted by Gasteiger charge is 2.23. The lowest BCUT2D eigenvalue weighted by atomic mass is 10.1. The second-order valence-electron chi connectivity index (χ2n) is 6.45. The molecule has 0 spiro atoms. The van der Waals surface area contributed by atoms with Gasteiger partial charge in [0.2, 0.25) is 0 Å². The second-order valence-corrected chi connectivity index (χ2v) is 7.29. The van der Waals surface area contributed by atoms with Crippen LogP contribution in [0.4, 0.5) is 5.13 Å². The molecule has 19 heavy (non-hydrogen) atoms. The van der Waals surface area contributed by atoms with Crippen molar-refractivity contribution in [2.24, 2.45) is 0 Å². The lowest BCUT2D eigenvalue weighted by Crippen LogP contribution is -2.35. The smallest absolute Gasteiger partial charge is 0.185 e. The van der Waals surface area contributed by atoms with Crippen molar-refractivity contribution in [3.05, 3.63) is 11.1 Å². The average Bonchev–Trinajstić information content (AvgIpc) is 2.98. The Morgan fingerprint density at radius 3 is 2.63 bits per heavy atom. The standard InChI is InChI=1S/C15H27N3S/c1-5-18(13-8-6-7-9-13)14-17-12(11-19-14)10-16-15(2,3)4/h11,13,16H,5-10H2,1-4H3. The first-order valence-electron chi connectivity index (χ1n) is 7.45. The number of rotatable bonds is 5. The number of aromatic nitrogens is 1. The molecule has 0 aliphatic heterocycles. The van der Waals surface area contributed by atoms with Crippen LogP contribution in [0.25, 0.3) is 0 Å². The summed E-state index contributed by atoms with van der Waals surface area (Å²) in [6, 6.07) is 0.722. The van der Waals surface area contributed by atoms with Gasteiger partial charge in [0.25, 0.3) is 0 Å². The number of hydrogen-bond acceptors (Lipinski definition) is 4. The van der Waals surface area contributed by atoms with Gasteiger partial charge in [-0.3, -0.25) is 0 Å². The van der Waals surface area contributed by atoms with E-state index < -0.39 is 0 Å². The molecular weight excluding hydrogens is 254 g/mol. The van der Waals surface area contributed by atoms with E-state index >= 15 is 0 Å². The Hall–Kier alpha value is -0.610. The number of nitrogens with one attached hydrogen (secondary N) is 1. The van der Waals surface area contributed by atoms with Gasteiger partial charge in [-0.2, -0.15) is 0 Å². The van der Waals surface area contributed by atoms with Crippen LogP contribution >= 0.6 is 11.3 Å². The minimum atomic E-state index is 0.152. The fourth-order valence-electron chi connectivity index (χ4n) is 2.63. The van der Waals surface area contributed by atoms with Gasteiger partial charge in [0, 0.05) is 30.1 Å². The highest BCUT2D eigenvalue weighted by molar-refractivity contribution is 7.13. The maximum atomic E-state index is 4.81. The molecule has 3 nitrogen and oxygen atoms in total. The Labute approximate surface area is 121 Å². The lowest BCUT2D eigenvalue weighted by Gasteiger charge is -2.27. The number of hydrogen-bond donors (Lipinski definition) is 1. The summed E-state index contributed by atoms with van der Waals surface area (Å²) in [5.74, 6) is 0. The van der Waals surface area contributed by atoms with Crippen LogP contribution in [0.5, 0.6) is 0 Å². The van der Waals surface area contributed by atoms with Crippen LogP contribution < -0.4 is 10.2 Å². The monoisotopic (exact) mass is 281 g/mol. The third-order valence-corrected chi connectivity index (χ3v) is 4.62. The van der Waals surface area contributed by atoms with E-state index in [1.807, 2.05) is 0 Å². The first kappa shape index (κ1) is 14.8. The Morgan fingerprint density at radius 2 is 2.05 bits per heavy atom. The van der Waals surface area contributed by atoms with Gasteiger partial charge in [-0.15, -0.1) is 11.3 Å². The zero-order valence-corrected chi connectivity index (χ0v) is 13.5. The Kier molecular flexibility index (Phi) is 4.85. The van der Waals surface area contributed by atoms with Crippen LogP contribution in [0.2, 0.25) is 0 Å². The molecule has 1 aromatic rings. The predicted octanol–water partition coefficient (Wildman–Crippen LogP) is 3.80. The first-order valence-corrected chi connectivity index (χ1v) is 8.33. The van der Waals surface area contributed by atoms with Gasteiger partial charge in [-0.05, 0) is 40.5 Å². The summed E-state index contributed by atoms with van der Waals surface area (Å²) in [6.07, 6.45) is 5.43. The summed E-state index contributed by atoms with van der Waals surface area (Å²) >= 11 is 1.79. The fourth-order valence-corrected chi connectivity index (χ4v) is 3.59. The SMILES string of the molecule is CCN(c1nc(CNC(C)(C)C)cs1)C1CCCC1. The van der Waals surface area contributed by atoms with E-state index in [2.05, 4.69) is 43.3 Å². The van der Waals surface area contributed by atoms with Gasteiger partial charge in [-0.25, -0.2) is 4.98 Å². The summed E-state index contributed by atoms with van der Waals surface area (Å²) < 4.78 is 0. The Balaban J connectivity index is 1.98. The quantitative estimate of drug-likeness (QED) is 0.890. The zero-order valence-electron chi connectivity index (χ0n) is 12.7. The summed E-state index contributed by atoms with van der Waals surface area (Å²) in [5.41, 5.74) is 1.33. The third-order valence-electron chi connectivity index (χ3n) is 3.69. The number of anilines is 1. The second kappa shape index (κ2) is 6.23. The lowest BCUT2D eigenvalue weighted by molar-refractivity contribution is 0.422. The van der Waals surface area contributed by atoms with Gasteiger partial charge in [0.15, 0.2) is 5.13 Å². The predicted molar refractivity (Wildman–Crippen MR) is 84.0 cm³/mol. The fraction of sp³-hybridized carbons (Fsp3) is 0.800. The van der Waals surface area contributed by atoms with Crippen molar-refractivity contribution in [1.29, 1.82) is 0 Å². The molecule has 0 amide bonds. The molecule has 4 heteroatoms. The van der Waals surface area contributed by atoms with E-state index in [0.717, 1.165) is 19.1 Å². The van der Waals surface area contributed by atoms with Crippen LogP contribution in [0.3, 0.4) is 0 Å². The molecule has 0 bridgehead atoms. The zero-order chi connectivity index (χ0) is 13.9. The van der Waals surface area contributed by atoms with Crippen molar-refractivity contribution >= 4 is 16.5 Å². The molecule has 1 aromatic heterocycles. The van der Waals surface area contributed by atoms with Crippen LogP contribution in [0.15, 0.2) is 5.38 Å². The summed E-state index contributed by atoms with van der Waals surface area (Å²) in [5, 5.41) is 6.91. The van der Waals surface area contributed by atoms with Gasteiger partial charge in [-0.1, -0.05) is 12.8 Å². The van der Waals surface area contributed by atoms with Gasteiger partial charge >= 0.3 is 0 Å². The van der Waals surface area contributed by atoms with Crippen LogP contribution in [-0.2, 0) is 6.54 Å². The van der Waals surface area contributed by atoms with Crippen molar-refractivity contribution in [1.82, 2.24) is 10.3 Å². The topological polar surface area (TPSA) is 28.2 Å². The Morgan fingerprint density at radius 1 is 1.37 bits per heavy atom. The van der Waals surface area contributed by atoms with Crippen LogP contribution in [-0.4, -0.2) is 23.1 Å². The number of nitrogens with zero attached hydrogens (tertiary/aromatic N) is 2. The molecule has 1 fully saturated rings. The van der Waals surface area contributed by atoms with Crippen molar-refractivity contribution in [3.63, 3.8) is 0 Å². The molecule has 1 aliphatic rings.